The van der Waals surface area contributed by atoms with Crippen LogP contribution in [0.5, 0.6) is 0 Å². The van der Waals surface area contributed by atoms with Gasteiger partial charge < -0.3 is 10.1 Å². The van der Waals surface area contributed by atoms with E-state index in [4.69, 9.17) is 11.6 Å². The molecule has 1 heterocycles. The lowest BCUT2D eigenvalue weighted by atomic mass is 10.00. The number of methoxy groups -OCH3 is 1. The molecule has 2 rings (SSSR count). The fraction of sp³-hybridized carbons (Fsp3) is 0.133. The molecule has 0 saturated carbocycles. The smallest absolute Gasteiger partial charge is 0.338 e. The minimum atomic E-state index is -0.644. The standard InChI is InChI=1S/C15H12ClFN2O3/c1-8(20)19-14-6-11(13(17)7-18-14)10-4-3-9(16)5-12(10)15(21)22-2/h3-7H,1-2H3,(H,18,19,20). The molecule has 0 fully saturated rings. The zero-order valence-corrected chi connectivity index (χ0v) is 12.6. The van der Waals surface area contributed by atoms with E-state index >= 15 is 0 Å². The summed E-state index contributed by atoms with van der Waals surface area (Å²) < 4.78 is 18.8. The first-order valence-corrected chi connectivity index (χ1v) is 6.61. The minimum absolute atomic E-state index is 0.107. The van der Waals surface area contributed by atoms with Crippen molar-refractivity contribution in [1.82, 2.24) is 4.98 Å². The number of benzene rings is 1. The second-order valence-electron chi connectivity index (χ2n) is 4.41. The fourth-order valence-electron chi connectivity index (χ4n) is 1.92. The third-order valence-corrected chi connectivity index (χ3v) is 3.07. The number of rotatable bonds is 3. The summed E-state index contributed by atoms with van der Waals surface area (Å²) in [5, 5.41) is 2.78. The fourth-order valence-corrected chi connectivity index (χ4v) is 2.10. The number of nitrogens with zero attached hydrogens (tertiary/aromatic N) is 1. The number of hydrogen-bond acceptors (Lipinski definition) is 4. The summed E-state index contributed by atoms with van der Waals surface area (Å²) in [7, 11) is 1.22. The lowest BCUT2D eigenvalue weighted by Crippen LogP contribution is -2.08. The third kappa shape index (κ3) is 3.40. The van der Waals surface area contributed by atoms with Crippen molar-refractivity contribution < 1.29 is 18.7 Å². The number of anilines is 1. The van der Waals surface area contributed by atoms with Crippen LogP contribution in [0.15, 0.2) is 30.5 Å². The van der Waals surface area contributed by atoms with Gasteiger partial charge in [0.1, 0.15) is 11.6 Å². The summed E-state index contributed by atoms with van der Waals surface area (Å²) in [6, 6.07) is 5.76. The molecule has 0 bridgehead atoms. The van der Waals surface area contributed by atoms with Crippen molar-refractivity contribution in [3.63, 3.8) is 0 Å². The first kappa shape index (κ1) is 15.9. The molecule has 7 heteroatoms. The summed E-state index contributed by atoms with van der Waals surface area (Å²) in [5.74, 6) is -1.44. The molecule has 0 atom stereocenters. The lowest BCUT2D eigenvalue weighted by Gasteiger charge is -2.11. The van der Waals surface area contributed by atoms with Gasteiger partial charge in [0, 0.05) is 17.5 Å². The Bertz CT molecular complexity index is 750. The van der Waals surface area contributed by atoms with Gasteiger partial charge in [-0.3, -0.25) is 4.79 Å². The van der Waals surface area contributed by atoms with Crippen LogP contribution in [0, 0.1) is 5.82 Å². The molecule has 1 aromatic heterocycles. The van der Waals surface area contributed by atoms with Crippen LogP contribution in [-0.4, -0.2) is 24.0 Å². The first-order valence-electron chi connectivity index (χ1n) is 6.23. The molecule has 0 radical (unpaired) electrons. The van der Waals surface area contributed by atoms with Crippen molar-refractivity contribution in [3.8, 4) is 11.1 Å². The van der Waals surface area contributed by atoms with E-state index in [9.17, 15) is 14.0 Å². The summed E-state index contributed by atoms with van der Waals surface area (Å²) in [6.07, 6.45) is 0.969. The van der Waals surface area contributed by atoms with E-state index in [-0.39, 0.29) is 22.9 Å². The molecular formula is C15H12ClFN2O3. The molecule has 114 valence electrons. The van der Waals surface area contributed by atoms with Gasteiger partial charge in [0.05, 0.1) is 18.9 Å². The van der Waals surface area contributed by atoms with Crippen molar-refractivity contribution in [2.45, 2.75) is 6.92 Å². The Balaban J connectivity index is 2.60. The number of ether oxygens (including phenoxy) is 1. The van der Waals surface area contributed by atoms with Crippen LogP contribution >= 0.6 is 11.6 Å². The zero-order chi connectivity index (χ0) is 16.3. The average Bonchev–Trinajstić information content (AvgIpc) is 2.48. The number of amides is 1. The van der Waals surface area contributed by atoms with Crippen molar-refractivity contribution >= 4 is 29.3 Å². The Morgan fingerprint density at radius 3 is 2.64 bits per heavy atom. The van der Waals surface area contributed by atoms with Gasteiger partial charge in [-0.05, 0) is 23.8 Å². The topological polar surface area (TPSA) is 68.3 Å². The van der Waals surface area contributed by atoms with Crippen molar-refractivity contribution in [1.29, 1.82) is 0 Å². The van der Waals surface area contributed by atoms with E-state index in [0.717, 1.165) is 6.20 Å². The molecule has 1 amide bonds. The zero-order valence-electron chi connectivity index (χ0n) is 11.8. The molecule has 1 N–H and O–H groups in total. The van der Waals surface area contributed by atoms with Crippen LogP contribution in [0.2, 0.25) is 5.02 Å². The molecule has 0 spiro atoms. The maximum atomic E-state index is 14.1. The monoisotopic (exact) mass is 322 g/mol. The predicted octanol–water partition coefficient (Wildman–Crippen LogP) is 3.29. The van der Waals surface area contributed by atoms with Gasteiger partial charge in [0.2, 0.25) is 5.91 Å². The largest absolute Gasteiger partial charge is 0.465 e. The highest BCUT2D eigenvalue weighted by atomic mass is 35.5. The van der Waals surface area contributed by atoms with E-state index in [1.165, 1.54) is 38.3 Å². The second-order valence-corrected chi connectivity index (χ2v) is 4.85. The number of halogens is 2. The van der Waals surface area contributed by atoms with E-state index < -0.39 is 11.8 Å². The van der Waals surface area contributed by atoms with Gasteiger partial charge >= 0.3 is 5.97 Å². The molecule has 1 aromatic carbocycles. The normalized spacial score (nSPS) is 10.2. The molecule has 2 aromatic rings. The maximum absolute atomic E-state index is 14.1. The number of nitrogens with one attached hydrogen (secondary N) is 1. The number of hydrogen-bond donors (Lipinski definition) is 1. The highest BCUT2D eigenvalue weighted by Crippen LogP contribution is 2.30. The number of esters is 1. The highest BCUT2D eigenvalue weighted by molar-refractivity contribution is 6.31. The predicted molar refractivity (Wildman–Crippen MR) is 80.3 cm³/mol. The van der Waals surface area contributed by atoms with Crippen molar-refractivity contribution in [2.24, 2.45) is 0 Å². The molecule has 0 saturated heterocycles. The average molecular weight is 323 g/mol. The van der Waals surface area contributed by atoms with E-state index in [1.807, 2.05) is 0 Å². The SMILES string of the molecule is COC(=O)c1cc(Cl)ccc1-c1cc(NC(C)=O)ncc1F. The second kappa shape index (κ2) is 6.53. The van der Waals surface area contributed by atoms with Crippen LogP contribution < -0.4 is 5.32 Å². The number of carbonyl (C=O) groups excluding carboxylic acids is 2. The van der Waals surface area contributed by atoms with Gasteiger partial charge in [-0.1, -0.05) is 17.7 Å². The van der Waals surface area contributed by atoms with Crippen LogP contribution in [0.25, 0.3) is 11.1 Å². The number of pyridine rings is 1. The third-order valence-electron chi connectivity index (χ3n) is 2.84. The summed E-state index contributed by atoms with van der Waals surface area (Å²) >= 11 is 5.87. The Morgan fingerprint density at radius 2 is 2.00 bits per heavy atom. The number of aromatic nitrogens is 1. The van der Waals surface area contributed by atoms with Crippen LogP contribution in [-0.2, 0) is 9.53 Å². The lowest BCUT2D eigenvalue weighted by molar-refractivity contribution is -0.114. The molecule has 22 heavy (non-hydrogen) atoms. The molecule has 0 aliphatic heterocycles. The number of carbonyl (C=O) groups is 2. The molecule has 5 nitrogen and oxygen atoms in total. The van der Waals surface area contributed by atoms with E-state index in [0.29, 0.717) is 10.6 Å². The Labute approximate surface area is 131 Å². The van der Waals surface area contributed by atoms with Gasteiger partial charge in [0.25, 0.3) is 0 Å². The van der Waals surface area contributed by atoms with Crippen molar-refractivity contribution in [3.05, 3.63) is 46.9 Å². The molecule has 0 aliphatic rings. The van der Waals surface area contributed by atoms with Crippen molar-refractivity contribution in [2.75, 3.05) is 12.4 Å². The van der Waals surface area contributed by atoms with Crippen LogP contribution in [0.3, 0.4) is 0 Å². The summed E-state index contributed by atoms with van der Waals surface area (Å²) in [6.45, 7) is 1.31. The Hall–Kier alpha value is -2.47. The highest BCUT2D eigenvalue weighted by Gasteiger charge is 2.17. The maximum Gasteiger partial charge on any atom is 0.338 e. The van der Waals surface area contributed by atoms with E-state index in [1.54, 1.807) is 0 Å². The van der Waals surface area contributed by atoms with E-state index in [2.05, 4.69) is 15.0 Å². The Kier molecular flexibility index (Phi) is 4.72. The quantitative estimate of drug-likeness (QED) is 0.880. The van der Waals surface area contributed by atoms with Crippen LogP contribution in [0.4, 0.5) is 10.2 Å². The first-order chi connectivity index (χ1) is 10.4. The van der Waals surface area contributed by atoms with Crippen LogP contribution in [0.1, 0.15) is 17.3 Å². The summed E-state index contributed by atoms with van der Waals surface area (Å²) in [5.41, 5.74) is 0.521. The molecular weight excluding hydrogens is 311 g/mol. The van der Waals surface area contributed by atoms with Gasteiger partial charge in [0.15, 0.2) is 0 Å². The Morgan fingerprint density at radius 1 is 1.27 bits per heavy atom. The van der Waals surface area contributed by atoms with Gasteiger partial charge in [-0.15, -0.1) is 0 Å². The molecule has 0 aliphatic carbocycles. The summed E-state index contributed by atoms with van der Waals surface area (Å²) in [4.78, 5) is 26.7. The van der Waals surface area contributed by atoms with Gasteiger partial charge in [-0.2, -0.15) is 0 Å². The molecule has 0 unspecified atom stereocenters. The van der Waals surface area contributed by atoms with Gasteiger partial charge in [-0.25, -0.2) is 14.2 Å². The minimum Gasteiger partial charge on any atom is -0.465 e.